The monoisotopic (exact) mass is 430 g/mol. The molecule has 2 heterocycles. The Morgan fingerprint density at radius 2 is 2.10 bits per heavy atom. The van der Waals surface area contributed by atoms with E-state index in [2.05, 4.69) is 65.1 Å². The molecule has 7 nitrogen and oxygen atoms in total. The Kier molecular flexibility index (Phi) is 13.0. The van der Waals surface area contributed by atoms with Gasteiger partial charge in [-0.3, -0.25) is 9.48 Å². The molecule has 0 fully saturated rings. The van der Waals surface area contributed by atoms with Gasteiger partial charge in [-0.25, -0.2) is 4.98 Å². The van der Waals surface area contributed by atoms with Crippen molar-refractivity contribution in [3.05, 3.63) is 34.6 Å². The third kappa shape index (κ3) is 12.1. The van der Waals surface area contributed by atoms with E-state index in [1.165, 1.54) is 12.8 Å². The summed E-state index contributed by atoms with van der Waals surface area (Å²) in [5.74, 6) is 6.63. The number of aryl methyl sites for hydroxylation is 1. The third-order valence-electron chi connectivity index (χ3n) is 4.10. The second-order valence-corrected chi connectivity index (χ2v) is 7.78. The molecular formula is C22H34N6OS. The molecule has 0 aromatic carbocycles. The average Bonchev–Trinajstić information content (AvgIpc) is 3.20. The molecule has 0 aliphatic carbocycles. The van der Waals surface area contributed by atoms with E-state index in [1.54, 1.807) is 12.4 Å². The van der Waals surface area contributed by atoms with E-state index < -0.39 is 0 Å². The van der Waals surface area contributed by atoms with Gasteiger partial charge in [0.25, 0.3) is 0 Å². The minimum absolute atomic E-state index is 0.00556. The molecular weight excluding hydrogens is 396 g/mol. The lowest BCUT2D eigenvalue weighted by molar-refractivity contribution is -0.121. The Hall–Kier alpha value is -2.53. The first-order valence-corrected chi connectivity index (χ1v) is 11.0. The summed E-state index contributed by atoms with van der Waals surface area (Å²) in [6, 6.07) is 0. The summed E-state index contributed by atoms with van der Waals surface area (Å²) < 4.78 is 2.26. The van der Waals surface area contributed by atoms with Gasteiger partial charge in [0.15, 0.2) is 4.77 Å². The molecule has 2 rings (SSSR count). The molecule has 164 valence electrons. The fourth-order valence-corrected chi connectivity index (χ4v) is 2.22. The minimum Gasteiger partial charge on any atom is -0.350 e. The number of aromatic nitrogens is 5. The number of amides is 1. The lowest BCUT2D eigenvalue weighted by Crippen LogP contribution is -2.22. The first kappa shape index (κ1) is 25.5. The maximum atomic E-state index is 11.9. The molecule has 0 saturated carbocycles. The molecule has 0 bridgehead atoms. The lowest BCUT2D eigenvalue weighted by atomic mass is 10.1. The van der Waals surface area contributed by atoms with Crippen LogP contribution in [0.25, 0.3) is 0 Å². The Morgan fingerprint density at radius 1 is 1.33 bits per heavy atom. The number of unbranched alkanes of at least 4 members (excludes halogenated alkanes) is 2. The van der Waals surface area contributed by atoms with Crippen molar-refractivity contribution in [2.45, 2.75) is 79.3 Å². The molecule has 0 aliphatic heterocycles. The standard InChI is InChI=1S/C18H24N6OS.C4H10/c1-14(2)8-9-24-13-16(22-23-24)12-19-17(25)7-5-3-4-6-15-10-20-18(26)21-11-15;1-3-4-2/h10-11,13-14H,3,5,7-9,12H2,1-2H3,(H,19,25)(H,20,21,26);3-4H2,1-2H3. The van der Waals surface area contributed by atoms with Gasteiger partial charge < -0.3 is 10.3 Å². The summed E-state index contributed by atoms with van der Waals surface area (Å²) >= 11 is 4.87. The summed E-state index contributed by atoms with van der Waals surface area (Å²) in [4.78, 5) is 18.7. The molecule has 8 heteroatoms. The molecule has 30 heavy (non-hydrogen) atoms. The van der Waals surface area contributed by atoms with Crippen LogP contribution in [-0.2, 0) is 17.9 Å². The first-order valence-electron chi connectivity index (χ1n) is 10.6. The highest BCUT2D eigenvalue weighted by Crippen LogP contribution is 2.02. The van der Waals surface area contributed by atoms with Gasteiger partial charge in [-0.05, 0) is 31.0 Å². The van der Waals surface area contributed by atoms with Gasteiger partial charge in [0.05, 0.1) is 18.3 Å². The van der Waals surface area contributed by atoms with Crippen LogP contribution in [0.2, 0.25) is 0 Å². The quantitative estimate of drug-likeness (QED) is 0.349. The van der Waals surface area contributed by atoms with E-state index in [1.807, 2.05) is 10.9 Å². The van der Waals surface area contributed by atoms with Crippen molar-refractivity contribution >= 4 is 18.1 Å². The maximum absolute atomic E-state index is 11.9. The largest absolute Gasteiger partial charge is 0.350 e. The van der Waals surface area contributed by atoms with E-state index in [0.29, 0.717) is 36.5 Å². The number of nitrogens with one attached hydrogen (secondary N) is 2. The molecule has 0 spiro atoms. The van der Waals surface area contributed by atoms with Crippen LogP contribution < -0.4 is 5.32 Å². The van der Waals surface area contributed by atoms with Crippen LogP contribution in [0.4, 0.5) is 0 Å². The van der Waals surface area contributed by atoms with Gasteiger partial charge >= 0.3 is 0 Å². The van der Waals surface area contributed by atoms with E-state index in [0.717, 1.165) is 24.2 Å². The fraction of sp³-hybridized carbons (Fsp3) is 0.591. The fourth-order valence-electron chi connectivity index (χ4n) is 2.11. The Labute approximate surface area is 185 Å². The smallest absolute Gasteiger partial charge is 0.220 e. The van der Waals surface area contributed by atoms with Crippen LogP contribution in [0.15, 0.2) is 18.6 Å². The van der Waals surface area contributed by atoms with Crippen molar-refractivity contribution in [1.82, 2.24) is 30.3 Å². The predicted octanol–water partition coefficient (Wildman–Crippen LogP) is 4.42. The van der Waals surface area contributed by atoms with Crippen molar-refractivity contribution in [3.63, 3.8) is 0 Å². The zero-order valence-electron chi connectivity index (χ0n) is 18.6. The van der Waals surface area contributed by atoms with Crippen LogP contribution >= 0.6 is 12.2 Å². The zero-order chi connectivity index (χ0) is 22.2. The van der Waals surface area contributed by atoms with Crippen LogP contribution in [0.3, 0.4) is 0 Å². The molecule has 2 aromatic rings. The van der Waals surface area contributed by atoms with Gasteiger partial charge in [0.1, 0.15) is 5.69 Å². The molecule has 1 amide bonds. The van der Waals surface area contributed by atoms with E-state index in [9.17, 15) is 4.79 Å². The highest BCUT2D eigenvalue weighted by atomic mass is 32.1. The first-order chi connectivity index (χ1) is 14.4. The highest BCUT2D eigenvalue weighted by Gasteiger charge is 2.05. The van der Waals surface area contributed by atoms with Crippen molar-refractivity contribution in [3.8, 4) is 11.8 Å². The molecule has 2 N–H and O–H groups in total. The molecule has 0 atom stereocenters. The minimum atomic E-state index is -0.00556. The Morgan fingerprint density at radius 3 is 2.73 bits per heavy atom. The predicted molar refractivity (Wildman–Crippen MR) is 122 cm³/mol. The molecule has 0 saturated heterocycles. The summed E-state index contributed by atoms with van der Waals surface area (Å²) in [5, 5.41) is 11.0. The van der Waals surface area contributed by atoms with Gasteiger partial charge in [-0.15, -0.1) is 5.10 Å². The number of nitrogens with zero attached hydrogens (tertiary/aromatic N) is 4. The SMILES string of the molecule is CC(C)CCn1cc(CNC(=O)CCCC#Cc2cnc(=S)[nH]c2)nn1.CCCC. The zero-order valence-corrected chi connectivity index (χ0v) is 19.4. The topological polar surface area (TPSA) is 88.5 Å². The maximum Gasteiger partial charge on any atom is 0.220 e. The molecule has 2 aromatic heterocycles. The number of aromatic amines is 1. The summed E-state index contributed by atoms with van der Waals surface area (Å²) in [6.07, 6.45) is 10.7. The highest BCUT2D eigenvalue weighted by molar-refractivity contribution is 7.71. The molecule has 0 radical (unpaired) electrons. The summed E-state index contributed by atoms with van der Waals surface area (Å²) in [7, 11) is 0. The van der Waals surface area contributed by atoms with Crippen LogP contribution in [-0.4, -0.2) is 30.9 Å². The van der Waals surface area contributed by atoms with Crippen LogP contribution in [0, 0.1) is 22.5 Å². The lowest BCUT2D eigenvalue weighted by Gasteiger charge is -2.03. The number of hydrogen-bond donors (Lipinski definition) is 2. The van der Waals surface area contributed by atoms with Gasteiger partial charge in [0.2, 0.25) is 5.91 Å². The van der Waals surface area contributed by atoms with Crippen molar-refractivity contribution in [1.29, 1.82) is 0 Å². The molecule has 0 aliphatic rings. The van der Waals surface area contributed by atoms with Crippen molar-refractivity contribution < 1.29 is 4.79 Å². The van der Waals surface area contributed by atoms with Crippen molar-refractivity contribution in [2.24, 2.45) is 5.92 Å². The second-order valence-electron chi connectivity index (χ2n) is 7.39. The number of H-pyrrole nitrogens is 1. The average molecular weight is 431 g/mol. The van der Waals surface area contributed by atoms with E-state index >= 15 is 0 Å². The third-order valence-corrected chi connectivity index (χ3v) is 4.32. The summed E-state index contributed by atoms with van der Waals surface area (Å²) in [6.45, 7) is 9.96. The van der Waals surface area contributed by atoms with Gasteiger partial charge in [-0.2, -0.15) is 0 Å². The molecule has 0 unspecified atom stereocenters. The van der Waals surface area contributed by atoms with Gasteiger partial charge in [-0.1, -0.05) is 57.6 Å². The Bertz CT molecular complexity index is 840. The Balaban J connectivity index is 0.00000103. The van der Waals surface area contributed by atoms with Crippen molar-refractivity contribution in [2.75, 3.05) is 0 Å². The van der Waals surface area contributed by atoms with E-state index in [-0.39, 0.29) is 5.91 Å². The number of carbonyl (C=O) groups is 1. The van der Waals surface area contributed by atoms with E-state index in [4.69, 9.17) is 12.2 Å². The van der Waals surface area contributed by atoms with Crippen LogP contribution in [0.5, 0.6) is 0 Å². The second kappa shape index (κ2) is 15.3. The number of rotatable bonds is 9. The van der Waals surface area contributed by atoms with Gasteiger partial charge in [0, 0.05) is 31.8 Å². The summed E-state index contributed by atoms with van der Waals surface area (Å²) in [5.41, 5.74) is 1.56. The number of hydrogen-bond acceptors (Lipinski definition) is 5. The normalized spacial score (nSPS) is 10.0. The number of carbonyl (C=O) groups excluding carboxylic acids is 1. The van der Waals surface area contributed by atoms with Crippen LogP contribution in [0.1, 0.15) is 77.5 Å².